The Morgan fingerprint density at radius 2 is 1.87 bits per heavy atom. The first-order chi connectivity index (χ1) is 10.7. The number of nitrogens with zero attached hydrogens (tertiary/aromatic N) is 1. The van der Waals surface area contributed by atoms with E-state index in [9.17, 15) is 18.0 Å². The molecule has 2 aromatic heterocycles. The minimum Gasteiger partial charge on any atom is -0.356 e. The van der Waals surface area contributed by atoms with Crippen molar-refractivity contribution in [2.75, 3.05) is 7.05 Å². The molecule has 2 aromatic rings. The van der Waals surface area contributed by atoms with Crippen molar-refractivity contribution in [2.24, 2.45) is 7.05 Å². The Morgan fingerprint density at radius 1 is 1.22 bits per heavy atom. The lowest BCUT2D eigenvalue weighted by atomic mass is 10.4. The van der Waals surface area contributed by atoms with Crippen LogP contribution in [0.2, 0.25) is 0 Å². The number of H-pyrrole nitrogens is 1. The molecule has 23 heavy (non-hydrogen) atoms. The first kappa shape index (κ1) is 17.2. The molecule has 0 aliphatic heterocycles. The van der Waals surface area contributed by atoms with Crippen LogP contribution in [0.3, 0.4) is 0 Å². The van der Waals surface area contributed by atoms with E-state index in [4.69, 9.17) is 0 Å². The maximum atomic E-state index is 12.1. The summed E-state index contributed by atoms with van der Waals surface area (Å²) in [7, 11) is -0.857. The lowest BCUT2D eigenvalue weighted by molar-refractivity contribution is 0.0839. The topological polar surface area (TPSA) is 125 Å². The zero-order valence-corrected chi connectivity index (χ0v) is 14.6. The maximum Gasteiger partial charge on any atom is 0.286 e. The third-order valence-electron chi connectivity index (χ3n) is 2.97. The van der Waals surface area contributed by atoms with Gasteiger partial charge < -0.3 is 9.55 Å². The van der Waals surface area contributed by atoms with Crippen molar-refractivity contribution in [3.8, 4) is 0 Å². The summed E-state index contributed by atoms with van der Waals surface area (Å²) < 4.78 is 27.6. The Balaban J connectivity index is 2.08. The normalized spacial score (nSPS) is 11.3. The van der Waals surface area contributed by atoms with Gasteiger partial charge in [0, 0.05) is 23.9 Å². The number of halogens is 1. The van der Waals surface area contributed by atoms with E-state index in [1.807, 2.05) is 0 Å². The quantitative estimate of drug-likeness (QED) is 0.540. The molecule has 0 aromatic carbocycles. The predicted molar refractivity (Wildman–Crippen MR) is 85.1 cm³/mol. The second-order valence-electron chi connectivity index (χ2n) is 4.52. The molecule has 0 aliphatic rings. The number of hydrazine groups is 1. The predicted octanol–water partition coefficient (Wildman–Crippen LogP) is 0.0986. The smallest absolute Gasteiger partial charge is 0.286 e. The summed E-state index contributed by atoms with van der Waals surface area (Å²) in [5.74, 6) is -1.19. The number of hydrogen-bond donors (Lipinski definition) is 4. The second-order valence-corrected chi connectivity index (χ2v) is 7.32. The van der Waals surface area contributed by atoms with Crippen LogP contribution in [0.1, 0.15) is 21.0 Å². The van der Waals surface area contributed by atoms with Gasteiger partial charge in [-0.1, -0.05) is 0 Å². The number of carbonyl (C=O) groups is 2. The van der Waals surface area contributed by atoms with E-state index < -0.39 is 21.8 Å². The minimum atomic E-state index is -3.65. The number of aromatic amines is 1. The highest BCUT2D eigenvalue weighted by Gasteiger charge is 2.19. The highest BCUT2D eigenvalue weighted by atomic mass is 79.9. The van der Waals surface area contributed by atoms with Crippen molar-refractivity contribution in [3.05, 3.63) is 40.4 Å². The van der Waals surface area contributed by atoms with Crippen LogP contribution in [-0.4, -0.2) is 36.8 Å². The van der Waals surface area contributed by atoms with Gasteiger partial charge in [0.1, 0.15) is 16.3 Å². The molecule has 0 aliphatic carbocycles. The fraction of sp³-hybridized carbons (Fsp3) is 0.167. The van der Waals surface area contributed by atoms with Crippen LogP contribution in [0.15, 0.2) is 33.9 Å². The fourth-order valence-corrected chi connectivity index (χ4v) is 2.91. The Kier molecular flexibility index (Phi) is 4.92. The number of sulfonamides is 1. The van der Waals surface area contributed by atoms with Crippen molar-refractivity contribution < 1.29 is 18.0 Å². The molecule has 2 heterocycles. The second kappa shape index (κ2) is 6.56. The zero-order chi connectivity index (χ0) is 17.2. The number of aromatic nitrogens is 2. The van der Waals surface area contributed by atoms with Crippen LogP contribution in [0, 0.1) is 0 Å². The summed E-state index contributed by atoms with van der Waals surface area (Å²) in [6, 6.07) is 2.75. The number of aryl methyl sites for hydroxylation is 1. The van der Waals surface area contributed by atoms with Crippen molar-refractivity contribution >= 4 is 37.8 Å². The first-order valence-corrected chi connectivity index (χ1v) is 8.56. The van der Waals surface area contributed by atoms with Gasteiger partial charge in [0.2, 0.25) is 10.0 Å². The lowest BCUT2D eigenvalue weighted by Crippen LogP contribution is -2.42. The van der Waals surface area contributed by atoms with Crippen LogP contribution in [0.4, 0.5) is 0 Å². The Bertz CT molecular complexity index is 855. The van der Waals surface area contributed by atoms with Crippen LogP contribution in [-0.2, 0) is 17.1 Å². The van der Waals surface area contributed by atoms with Crippen LogP contribution < -0.4 is 15.6 Å². The van der Waals surface area contributed by atoms with Gasteiger partial charge in [0.25, 0.3) is 11.8 Å². The van der Waals surface area contributed by atoms with Gasteiger partial charge in [-0.3, -0.25) is 20.4 Å². The summed E-state index contributed by atoms with van der Waals surface area (Å²) in [6.45, 7) is 0. The average Bonchev–Trinajstić information content (AvgIpc) is 3.11. The van der Waals surface area contributed by atoms with Gasteiger partial charge in [-0.2, -0.15) is 0 Å². The summed E-state index contributed by atoms with van der Waals surface area (Å²) in [4.78, 5) is 26.5. The van der Waals surface area contributed by atoms with Gasteiger partial charge in [-0.05, 0) is 35.1 Å². The average molecular weight is 404 g/mol. The van der Waals surface area contributed by atoms with Crippen molar-refractivity contribution in [2.45, 2.75) is 4.90 Å². The van der Waals surface area contributed by atoms with E-state index in [0.717, 1.165) is 0 Å². The zero-order valence-electron chi connectivity index (χ0n) is 12.2. The van der Waals surface area contributed by atoms with Crippen LogP contribution in [0.25, 0.3) is 0 Å². The molecule has 0 atom stereocenters. The standard InChI is InChI=1S/C12H14BrN5O4S/c1-14-23(21,22)8-4-10(18(2)6-8)12(20)17-16-11(19)9-3-7(13)5-15-9/h3-6,14-15H,1-2H3,(H,16,19)(H,17,20). The largest absolute Gasteiger partial charge is 0.356 e. The molecule has 0 radical (unpaired) electrons. The molecular formula is C12H14BrN5O4S. The molecule has 0 bridgehead atoms. The molecule has 0 saturated carbocycles. The van der Waals surface area contributed by atoms with E-state index in [2.05, 4.69) is 36.5 Å². The number of rotatable bonds is 4. The SMILES string of the molecule is CNS(=O)(=O)c1cc(C(=O)NNC(=O)c2cc(Br)c[nH]2)n(C)c1. The van der Waals surface area contributed by atoms with Gasteiger partial charge in [-0.15, -0.1) is 0 Å². The Morgan fingerprint density at radius 3 is 2.43 bits per heavy atom. The molecule has 0 saturated heterocycles. The monoisotopic (exact) mass is 403 g/mol. The van der Waals surface area contributed by atoms with Gasteiger partial charge >= 0.3 is 0 Å². The van der Waals surface area contributed by atoms with Crippen molar-refractivity contribution in [1.82, 2.24) is 25.1 Å². The number of hydrogen-bond acceptors (Lipinski definition) is 4. The lowest BCUT2D eigenvalue weighted by Gasteiger charge is -2.06. The van der Waals surface area contributed by atoms with Crippen LogP contribution in [0.5, 0.6) is 0 Å². The molecule has 2 rings (SSSR count). The number of nitrogens with one attached hydrogen (secondary N) is 4. The molecule has 11 heteroatoms. The fourth-order valence-electron chi connectivity index (χ4n) is 1.77. The van der Waals surface area contributed by atoms with E-state index in [0.29, 0.717) is 4.47 Å². The summed E-state index contributed by atoms with van der Waals surface area (Å²) in [5.41, 5.74) is 4.78. The summed E-state index contributed by atoms with van der Waals surface area (Å²) in [5, 5.41) is 0. The highest BCUT2D eigenvalue weighted by molar-refractivity contribution is 9.10. The van der Waals surface area contributed by atoms with Gasteiger partial charge in [0.05, 0.1) is 0 Å². The molecule has 0 fully saturated rings. The van der Waals surface area contributed by atoms with Crippen molar-refractivity contribution in [1.29, 1.82) is 0 Å². The maximum absolute atomic E-state index is 12.1. The summed E-state index contributed by atoms with van der Waals surface area (Å²) in [6.07, 6.45) is 2.87. The Hall–Kier alpha value is -2.11. The third-order valence-corrected chi connectivity index (χ3v) is 4.81. The van der Waals surface area contributed by atoms with Gasteiger partial charge in [0.15, 0.2) is 0 Å². The van der Waals surface area contributed by atoms with Crippen LogP contribution >= 0.6 is 15.9 Å². The molecule has 124 valence electrons. The molecule has 9 nitrogen and oxygen atoms in total. The van der Waals surface area contributed by atoms with E-state index >= 15 is 0 Å². The van der Waals surface area contributed by atoms with Crippen molar-refractivity contribution in [3.63, 3.8) is 0 Å². The highest BCUT2D eigenvalue weighted by Crippen LogP contribution is 2.13. The van der Waals surface area contributed by atoms with E-state index in [1.165, 1.54) is 30.9 Å². The molecule has 0 unspecified atom stereocenters. The molecule has 0 spiro atoms. The Labute approximate surface area is 140 Å². The summed E-state index contributed by atoms with van der Waals surface area (Å²) >= 11 is 3.19. The van der Waals surface area contributed by atoms with Gasteiger partial charge in [-0.25, -0.2) is 13.1 Å². The molecule has 2 amide bonds. The van der Waals surface area contributed by atoms with E-state index in [1.54, 1.807) is 12.3 Å². The van der Waals surface area contributed by atoms with E-state index in [-0.39, 0.29) is 16.3 Å². The molecular weight excluding hydrogens is 390 g/mol. The molecule has 4 N–H and O–H groups in total. The first-order valence-electron chi connectivity index (χ1n) is 6.29. The number of amides is 2. The number of carbonyl (C=O) groups excluding carboxylic acids is 2. The third kappa shape index (κ3) is 3.81. The minimum absolute atomic E-state index is 0.0488.